The number of rotatable bonds is 9. The summed E-state index contributed by atoms with van der Waals surface area (Å²) in [6, 6.07) is 14.7. The van der Waals surface area contributed by atoms with Gasteiger partial charge in [0.25, 0.3) is 0 Å². The van der Waals surface area contributed by atoms with Crippen molar-refractivity contribution < 1.29 is 37.6 Å². The molecule has 6 heterocycles. The van der Waals surface area contributed by atoms with E-state index in [0.29, 0.717) is 36.5 Å². The zero-order valence-electron chi connectivity index (χ0n) is 34.2. The van der Waals surface area contributed by atoms with Gasteiger partial charge in [-0.2, -0.15) is 0 Å². The van der Waals surface area contributed by atoms with Crippen LogP contribution in [0, 0.1) is 39.3 Å². The summed E-state index contributed by atoms with van der Waals surface area (Å²) >= 11 is 0. The van der Waals surface area contributed by atoms with Crippen molar-refractivity contribution in [3.05, 3.63) is 101 Å². The maximum Gasteiger partial charge on any atom is 0.227 e. The average molecular weight is 821 g/mol. The number of benzene rings is 3. The number of imidazole rings is 2. The van der Waals surface area contributed by atoms with Crippen LogP contribution in [0.5, 0.6) is 0 Å². The lowest BCUT2D eigenvalue weighted by molar-refractivity contribution is -0.119. The molecule has 312 valence electrons. The highest BCUT2D eigenvalue weighted by Crippen LogP contribution is 2.40. The minimum Gasteiger partial charge on any atom is -0.392 e. The quantitative estimate of drug-likeness (QED) is 0.132. The Labute approximate surface area is 343 Å². The number of anilines is 1. The molecule has 0 aliphatic carbocycles. The highest BCUT2D eigenvalue weighted by atomic mass is 19.2. The molecule has 4 aromatic heterocycles. The zero-order valence-corrected chi connectivity index (χ0v) is 34.2. The van der Waals surface area contributed by atoms with Gasteiger partial charge >= 0.3 is 0 Å². The fourth-order valence-corrected chi connectivity index (χ4v) is 8.53. The summed E-state index contributed by atoms with van der Waals surface area (Å²) < 4.78 is 42.0. The molecule has 2 aliphatic heterocycles. The largest absolute Gasteiger partial charge is 0.392 e. The van der Waals surface area contributed by atoms with Gasteiger partial charge in [0.2, 0.25) is 11.8 Å². The second-order valence-electron chi connectivity index (χ2n) is 15.7. The Hall–Kier alpha value is -6.26. The van der Waals surface area contributed by atoms with Crippen LogP contribution in [-0.4, -0.2) is 63.7 Å². The summed E-state index contributed by atoms with van der Waals surface area (Å²) in [4.78, 5) is 35.6. The fraction of sp³-hybridized carbons (Fsp3) is 0.364. The molecule has 16 heteroatoms. The summed E-state index contributed by atoms with van der Waals surface area (Å²) in [7, 11) is 0. The number of fused-ring (bicyclic) bond motifs is 2. The number of aryl methyl sites for hydroxylation is 4. The second-order valence-corrected chi connectivity index (χ2v) is 15.7. The third kappa shape index (κ3) is 7.56. The maximum absolute atomic E-state index is 14.0. The van der Waals surface area contributed by atoms with E-state index in [1.165, 1.54) is 11.0 Å². The number of nitrogens with zero attached hydrogens (tertiary/aromatic N) is 7. The number of hydrogen-bond acceptors (Lipinski definition) is 10. The SMILES string of the molecule is Cc1noc(C)c1-c1ccc2c(c1)nc([C@@H]1CCC(=O)N1)n2CC(C)O.Cc1noc(C)c1-c1ccc2c(c1)nc([C@@H]1CCC(=O)N1c1ccc(F)c(F)c1)n2CC(C)O. The zero-order chi connectivity index (χ0) is 42.6. The van der Waals surface area contributed by atoms with Gasteiger partial charge in [0.05, 0.1) is 70.8 Å². The van der Waals surface area contributed by atoms with Gasteiger partial charge in [-0.3, -0.25) is 9.59 Å². The van der Waals surface area contributed by atoms with Gasteiger partial charge in [0.15, 0.2) is 11.6 Å². The molecule has 3 N–H and O–H groups in total. The van der Waals surface area contributed by atoms with Crippen LogP contribution in [0.25, 0.3) is 44.3 Å². The lowest BCUT2D eigenvalue weighted by Crippen LogP contribution is -2.30. The van der Waals surface area contributed by atoms with Crippen molar-refractivity contribution in [3.8, 4) is 22.3 Å². The minimum atomic E-state index is -1.02. The monoisotopic (exact) mass is 820 g/mol. The summed E-state index contributed by atoms with van der Waals surface area (Å²) in [6.07, 6.45) is 0.785. The number of amides is 2. The van der Waals surface area contributed by atoms with Crippen LogP contribution in [0.1, 0.15) is 86.2 Å². The van der Waals surface area contributed by atoms with Crippen LogP contribution in [0.15, 0.2) is 63.6 Å². The van der Waals surface area contributed by atoms with E-state index in [0.717, 1.165) is 80.3 Å². The number of aliphatic hydroxyl groups excluding tert-OH is 2. The molecule has 7 aromatic rings. The van der Waals surface area contributed by atoms with Gasteiger partial charge in [-0.05, 0) is 102 Å². The molecule has 9 rings (SSSR count). The first kappa shape index (κ1) is 40.5. The number of carbonyl (C=O) groups is 2. The van der Waals surface area contributed by atoms with E-state index in [-0.39, 0.29) is 36.5 Å². The number of hydrogen-bond donors (Lipinski definition) is 3. The van der Waals surface area contributed by atoms with Crippen LogP contribution in [0.2, 0.25) is 0 Å². The Morgan fingerprint density at radius 1 is 0.733 bits per heavy atom. The fourth-order valence-electron chi connectivity index (χ4n) is 8.53. The lowest BCUT2D eigenvalue weighted by atomic mass is 10.0. The smallest absolute Gasteiger partial charge is 0.227 e. The van der Waals surface area contributed by atoms with Gasteiger partial charge in [0.1, 0.15) is 23.2 Å². The normalized spacial score (nSPS) is 17.7. The van der Waals surface area contributed by atoms with Gasteiger partial charge in [-0.15, -0.1) is 0 Å². The van der Waals surface area contributed by atoms with Crippen LogP contribution < -0.4 is 10.2 Å². The van der Waals surface area contributed by atoms with Crippen molar-refractivity contribution in [2.45, 2.75) is 105 Å². The Morgan fingerprint density at radius 3 is 1.77 bits per heavy atom. The van der Waals surface area contributed by atoms with Gasteiger partial charge in [-0.1, -0.05) is 22.4 Å². The third-order valence-corrected chi connectivity index (χ3v) is 11.1. The summed E-state index contributed by atoms with van der Waals surface area (Å²) in [5.74, 6) is 0.716. The van der Waals surface area contributed by atoms with E-state index in [4.69, 9.17) is 19.0 Å². The molecule has 2 saturated heterocycles. The molecular weight excluding hydrogens is 775 g/mol. The topological polar surface area (TPSA) is 178 Å². The molecular formula is C44H46F2N8O6. The molecule has 0 saturated carbocycles. The van der Waals surface area contributed by atoms with E-state index >= 15 is 0 Å². The Balaban J connectivity index is 0.000000172. The number of nitrogens with one attached hydrogen (secondary N) is 1. The number of aliphatic hydroxyl groups is 2. The lowest BCUT2D eigenvalue weighted by Gasteiger charge is -2.25. The summed E-state index contributed by atoms with van der Waals surface area (Å²) in [6.45, 7) is 11.7. The van der Waals surface area contributed by atoms with Gasteiger partial charge in [0, 0.05) is 35.7 Å². The van der Waals surface area contributed by atoms with Crippen molar-refractivity contribution in [2.75, 3.05) is 4.90 Å². The van der Waals surface area contributed by atoms with Gasteiger partial charge < -0.3 is 38.6 Å². The van der Waals surface area contributed by atoms with Crippen LogP contribution >= 0.6 is 0 Å². The van der Waals surface area contributed by atoms with E-state index in [2.05, 4.69) is 15.6 Å². The van der Waals surface area contributed by atoms with Gasteiger partial charge in [-0.25, -0.2) is 18.7 Å². The summed E-state index contributed by atoms with van der Waals surface area (Å²) in [5.41, 5.74) is 8.93. The highest BCUT2D eigenvalue weighted by molar-refractivity contribution is 5.96. The Bertz CT molecular complexity index is 2730. The van der Waals surface area contributed by atoms with E-state index in [1.54, 1.807) is 13.8 Å². The van der Waals surface area contributed by atoms with Crippen LogP contribution in [0.4, 0.5) is 14.5 Å². The number of halogens is 2. The Kier molecular flexibility index (Phi) is 10.8. The molecule has 3 aromatic carbocycles. The van der Waals surface area contributed by atoms with Crippen molar-refractivity contribution in [3.63, 3.8) is 0 Å². The van der Waals surface area contributed by atoms with Crippen molar-refractivity contribution in [2.24, 2.45) is 0 Å². The molecule has 0 spiro atoms. The molecule has 2 fully saturated rings. The predicted molar refractivity (Wildman–Crippen MR) is 219 cm³/mol. The highest BCUT2D eigenvalue weighted by Gasteiger charge is 2.37. The molecule has 4 atom stereocenters. The Morgan fingerprint density at radius 2 is 1.28 bits per heavy atom. The standard InChI is InChI=1S/C25H24F2N4O3.C19H22N4O3/c1-13(32)12-30-21-7-4-16(24-14(2)29-34-15(24)3)10-20(21)28-25(30)22-8-9-23(33)31(22)17-5-6-18(26)19(27)11-17;1-10(24)9-23-16-6-4-13(18-11(2)22-26-12(18)3)8-15(16)21-19(23)14-5-7-17(25)20-14/h4-7,10-11,13,22,32H,8-9,12H2,1-3H3;4,6,8,10,14,24H,5,7,9H2,1-3H3,(H,20,25)/t13?,22-;10?,14-/m00/s1. The molecule has 2 amide bonds. The molecule has 14 nitrogen and oxygen atoms in total. The third-order valence-electron chi connectivity index (χ3n) is 11.1. The number of carbonyl (C=O) groups excluding carboxylic acids is 2. The first-order valence-electron chi connectivity index (χ1n) is 20.0. The van der Waals surface area contributed by atoms with Crippen molar-refractivity contribution >= 4 is 39.6 Å². The maximum atomic E-state index is 14.0. The molecule has 2 unspecified atom stereocenters. The first-order chi connectivity index (χ1) is 28.7. The molecule has 2 aliphatic rings. The molecule has 0 radical (unpaired) electrons. The van der Waals surface area contributed by atoms with E-state index in [9.17, 15) is 28.6 Å². The average Bonchev–Trinajstić information content (AvgIpc) is 4.06. The first-order valence-corrected chi connectivity index (χ1v) is 20.0. The van der Waals surface area contributed by atoms with Crippen LogP contribution in [0.3, 0.4) is 0 Å². The van der Waals surface area contributed by atoms with Crippen LogP contribution in [-0.2, 0) is 22.7 Å². The number of aromatic nitrogens is 6. The van der Waals surface area contributed by atoms with Crippen molar-refractivity contribution in [1.29, 1.82) is 0 Å². The van der Waals surface area contributed by atoms with E-state index < -0.39 is 29.9 Å². The predicted octanol–water partition coefficient (Wildman–Crippen LogP) is 7.48. The minimum absolute atomic E-state index is 0.0436. The van der Waals surface area contributed by atoms with E-state index in [1.807, 2.05) is 73.2 Å². The molecule has 0 bridgehead atoms. The second kappa shape index (κ2) is 16.1. The summed E-state index contributed by atoms with van der Waals surface area (Å²) in [5, 5.41) is 31.1. The van der Waals surface area contributed by atoms with Crippen molar-refractivity contribution in [1.82, 2.24) is 34.7 Å². The molecule has 60 heavy (non-hydrogen) atoms.